The van der Waals surface area contributed by atoms with Crippen molar-refractivity contribution in [1.82, 2.24) is 0 Å². The van der Waals surface area contributed by atoms with Crippen LogP contribution in [0.25, 0.3) is 0 Å². The predicted molar refractivity (Wildman–Crippen MR) is 133 cm³/mol. The second-order valence-corrected chi connectivity index (χ2v) is 10.4. The minimum absolute atomic E-state index is 0.150. The minimum Gasteiger partial charge on any atom is -0.454 e. The van der Waals surface area contributed by atoms with E-state index in [0.29, 0.717) is 46.4 Å². The third-order valence-corrected chi connectivity index (χ3v) is 7.96. The molecule has 2 aliphatic rings. The Kier molecular flexibility index (Phi) is 5.78. The van der Waals surface area contributed by atoms with Gasteiger partial charge < -0.3 is 20.1 Å². The number of anilines is 3. The molecule has 2 N–H and O–H groups in total. The molecular formula is C24H22FN3O4S2. The van der Waals surface area contributed by atoms with E-state index in [1.807, 2.05) is 13.0 Å². The molecule has 3 aromatic carbocycles. The van der Waals surface area contributed by atoms with Gasteiger partial charge in [0.25, 0.3) is 10.0 Å². The second-order valence-electron chi connectivity index (χ2n) is 8.13. The molecule has 34 heavy (non-hydrogen) atoms. The highest BCUT2D eigenvalue weighted by atomic mass is 32.2. The number of nitrogens with one attached hydrogen (secondary N) is 2. The van der Waals surface area contributed by atoms with Gasteiger partial charge in [-0.3, -0.25) is 4.31 Å². The highest BCUT2D eigenvalue weighted by Gasteiger charge is 2.34. The van der Waals surface area contributed by atoms with Crippen LogP contribution >= 0.6 is 12.2 Å². The number of hydrogen-bond donors (Lipinski definition) is 2. The van der Waals surface area contributed by atoms with Crippen LogP contribution in [0.4, 0.5) is 21.5 Å². The SMILES string of the molecule is C[C@@H]1CCc2cc(F)ccc2N1S(=O)(=O)c1ccc(NC(=S)Nc2ccc3c(c2)OCO3)cc1. The van der Waals surface area contributed by atoms with Gasteiger partial charge in [-0.05, 0) is 92.1 Å². The number of benzene rings is 3. The van der Waals surface area contributed by atoms with Gasteiger partial charge in [0.05, 0.1) is 10.6 Å². The van der Waals surface area contributed by atoms with E-state index in [-0.39, 0.29) is 23.5 Å². The molecule has 0 saturated carbocycles. The van der Waals surface area contributed by atoms with E-state index in [9.17, 15) is 12.8 Å². The molecule has 1 atom stereocenters. The van der Waals surface area contributed by atoms with Gasteiger partial charge in [-0.25, -0.2) is 12.8 Å². The largest absolute Gasteiger partial charge is 0.454 e. The lowest BCUT2D eigenvalue weighted by Gasteiger charge is -2.36. The summed E-state index contributed by atoms with van der Waals surface area (Å²) in [5.41, 5.74) is 2.58. The summed E-state index contributed by atoms with van der Waals surface area (Å²) in [6, 6.07) is 15.8. The average Bonchev–Trinajstić information content (AvgIpc) is 3.27. The highest BCUT2D eigenvalue weighted by molar-refractivity contribution is 7.92. The van der Waals surface area contributed by atoms with Crippen LogP contribution < -0.4 is 24.4 Å². The lowest BCUT2D eigenvalue weighted by atomic mass is 9.99. The lowest BCUT2D eigenvalue weighted by Crippen LogP contribution is -2.42. The van der Waals surface area contributed by atoms with Gasteiger partial charge in [0.2, 0.25) is 6.79 Å². The maximum Gasteiger partial charge on any atom is 0.264 e. The number of thiocarbonyl (C=S) groups is 1. The number of fused-ring (bicyclic) bond motifs is 2. The summed E-state index contributed by atoms with van der Waals surface area (Å²) >= 11 is 5.37. The average molecular weight is 500 g/mol. The number of aryl methyl sites for hydroxylation is 1. The van der Waals surface area contributed by atoms with Crippen molar-refractivity contribution in [2.45, 2.75) is 30.7 Å². The van der Waals surface area contributed by atoms with Crippen LogP contribution in [-0.4, -0.2) is 26.4 Å². The molecule has 10 heteroatoms. The van der Waals surface area contributed by atoms with Crippen molar-refractivity contribution in [2.24, 2.45) is 0 Å². The lowest BCUT2D eigenvalue weighted by molar-refractivity contribution is 0.174. The molecule has 176 valence electrons. The van der Waals surface area contributed by atoms with Gasteiger partial charge in [0, 0.05) is 23.5 Å². The van der Waals surface area contributed by atoms with E-state index < -0.39 is 10.0 Å². The van der Waals surface area contributed by atoms with Crippen molar-refractivity contribution < 1.29 is 22.3 Å². The molecule has 0 aromatic heterocycles. The fourth-order valence-corrected chi connectivity index (χ4v) is 6.11. The number of hydrogen-bond acceptors (Lipinski definition) is 5. The quantitative estimate of drug-likeness (QED) is 0.495. The summed E-state index contributed by atoms with van der Waals surface area (Å²) in [5.74, 6) is 0.946. The second kappa shape index (κ2) is 8.77. The Labute approximate surface area is 202 Å². The first-order chi connectivity index (χ1) is 16.3. The van der Waals surface area contributed by atoms with Crippen LogP contribution in [0.2, 0.25) is 0 Å². The zero-order valence-corrected chi connectivity index (χ0v) is 19.9. The highest BCUT2D eigenvalue weighted by Crippen LogP contribution is 2.36. The molecule has 3 aromatic rings. The fraction of sp³-hybridized carbons (Fsp3) is 0.208. The fourth-order valence-electron chi connectivity index (χ4n) is 4.15. The van der Waals surface area contributed by atoms with E-state index in [1.165, 1.54) is 34.6 Å². The van der Waals surface area contributed by atoms with Crippen molar-refractivity contribution in [3.63, 3.8) is 0 Å². The van der Waals surface area contributed by atoms with Crippen molar-refractivity contribution in [2.75, 3.05) is 21.7 Å². The summed E-state index contributed by atoms with van der Waals surface area (Å²) in [5, 5.41) is 6.45. The molecule has 0 radical (unpaired) electrons. The Bertz CT molecular complexity index is 1360. The molecular weight excluding hydrogens is 477 g/mol. The van der Waals surface area contributed by atoms with Gasteiger partial charge in [-0.1, -0.05) is 0 Å². The summed E-state index contributed by atoms with van der Waals surface area (Å²) in [4.78, 5) is 0.150. The molecule has 7 nitrogen and oxygen atoms in total. The monoisotopic (exact) mass is 499 g/mol. The van der Waals surface area contributed by atoms with Gasteiger partial charge in [-0.2, -0.15) is 0 Å². The van der Waals surface area contributed by atoms with Crippen LogP contribution in [0.1, 0.15) is 18.9 Å². The van der Waals surface area contributed by atoms with E-state index in [0.717, 1.165) is 5.69 Å². The van der Waals surface area contributed by atoms with Crippen LogP contribution in [0, 0.1) is 5.82 Å². The standard InChI is InChI=1S/C24H22FN3O4S2/c1-15-2-3-16-12-17(25)4-10-21(16)28(15)34(29,30)20-8-5-18(6-9-20)26-24(33)27-19-7-11-22-23(13-19)32-14-31-22/h4-13,15H,2-3,14H2,1H3,(H2,26,27,33)/t15-/m1/s1. The van der Waals surface area contributed by atoms with Crippen molar-refractivity contribution in [3.8, 4) is 11.5 Å². The molecule has 0 spiro atoms. The van der Waals surface area contributed by atoms with E-state index in [1.54, 1.807) is 24.3 Å². The molecule has 0 bridgehead atoms. The Morgan fingerprint density at radius 1 is 1.00 bits per heavy atom. The normalized spacial score (nSPS) is 16.6. The third-order valence-electron chi connectivity index (χ3n) is 5.81. The van der Waals surface area contributed by atoms with Crippen LogP contribution in [-0.2, 0) is 16.4 Å². The summed E-state index contributed by atoms with van der Waals surface area (Å²) in [7, 11) is -3.83. The first kappa shape index (κ1) is 22.4. The van der Waals surface area contributed by atoms with Crippen molar-refractivity contribution in [3.05, 3.63) is 72.0 Å². The van der Waals surface area contributed by atoms with Crippen LogP contribution in [0.5, 0.6) is 11.5 Å². The molecule has 2 heterocycles. The first-order valence-electron chi connectivity index (χ1n) is 10.7. The Morgan fingerprint density at radius 3 is 2.50 bits per heavy atom. The number of sulfonamides is 1. The van der Waals surface area contributed by atoms with Gasteiger partial charge in [0.15, 0.2) is 16.6 Å². The molecule has 0 aliphatic carbocycles. The Hall–Kier alpha value is -3.37. The number of halogens is 1. The zero-order valence-electron chi connectivity index (χ0n) is 18.2. The molecule has 0 unspecified atom stereocenters. The van der Waals surface area contributed by atoms with Gasteiger partial charge >= 0.3 is 0 Å². The molecule has 0 amide bonds. The summed E-state index contributed by atoms with van der Waals surface area (Å²) < 4.78 is 52.7. The third kappa shape index (κ3) is 4.26. The minimum atomic E-state index is -3.83. The Balaban J connectivity index is 1.31. The van der Waals surface area contributed by atoms with Gasteiger partial charge in [-0.15, -0.1) is 0 Å². The van der Waals surface area contributed by atoms with E-state index in [2.05, 4.69) is 10.6 Å². The van der Waals surface area contributed by atoms with Crippen LogP contribution in [0.3, 0.4) is 0 Å². The molecule has 0 saturated heterocycles. The molecule has 0 fully saturated rings. The van der Waals surface area contributed by atoms with E-state index >= 15 is 0 Å². The van der Waals surface area contributed by atoms with Crippen molar-refractivity contribution >= 4 is 44.4 Å². The van der Waals surface area contributed by atoms with Gasteiger partial charge in [0.1, 0.15) is 5.82 Å². The maximum absolute atomic E-state index is 13.7. The van der Waals surface area contributed by atoms with Crippen LogP contribution in [0.15, 0.2) is 65.6 Å². The summed E-state index contributed by atoms with van der Waals surface area (Å²) in [6.45, 7) is 2.05. The Morgan fingerprint density at radius 2 is 1.71 bits per heavy atom. The zero-order chi connectivity index (χ0) is 23.9. The number of nitrogens with zero attached hydrogens (tertiary/aromatic N) is 1. The molecule has 2 aliphatic heterocycles. The number of ether oxygens (including phenoxy) is 2. The smallest absolute Gasteiger partial charge is 0.264 e. The summed E-state index contributed by atoms with van der Waals surface area (Å²) in [6.07, 6.45) is 1.26. The number of rotatable bonds is 4. The predicted octanol–water partition coefficient (Wildman–Crippen LogP) is 4.89. The first-order valence-corrected chi connectivity index (χ1v) is 12.6. The van der Waals surface area contributed by atoms with E-state index in [4.69, 9.17) is 21.7 Å². The topological polar surface area (TPSA) is 79.9 Å². The van der Waals surface area contributed by atoms with Crippen molar-refractivity contribution in [1.29, 1.82) is 0 Å². The maximum atomic E-state index is 13.7. The molecule has 5 rings (SSSR count).